The Balaban J connectivity index is 2.04. The highest BCUT2D eigenvalue weighted by Crippen LogP contribution is 2.17. The van der Waals surface area contributed by atoms with Crippen molar-refractivity contribution in [2.24, 2.45) is 0 Å². The van der Waals surface area contributed by atoms with E-state index in [4.69, 9.17) is 0 Å². The molecule has 0 fully saturated rings. The van der Waals surface area contributed by atoms with Crippen LogP contribution in [-0.4, -0.2) is 20.4 Å². The van der Waals surface area contributed by atoms with Crippen LogP contribution in [0.25, 0.3) is 0 Å². The molecule has 0 aliphatic rings. The fourth-order valence-electron chi connectivity index (χ4n) is 2.44. The first kappa shape index (κ1) is 18.2. The van der Waals surface area contributed by atoms with Crippen LogP contribution in [0.2, 0.25) is 0 Å². The monoisotopic (exact) mass is 346 g/mol. The Morgan fingerprint density at radius 3 is 2.17 bits per heavy atom. The van der Waals surface area contributed by atoms with Crippen LogP contribution in [-0.2, 0) is 14.8 Å². The van der Waals surface area contributed by atoms with Crippen molar-refractivity contribution in [3.05, 3.63) is 65.7 Å². The molecule has 128 valence electrons. The molecule has 0 bridgehead atoms. The lowest BCUT2D eigenvalue weighted by Crippen LogP contribution is -2.45. The second-order valence-corrected chi connectivity index (χ2v) is 7.46. The van der Waals surface area contributed by atoms with E-state index in [1.54, 1.807) is 18.2 Å². The molecule has 2 N–H and O–H groups in total. The van der Waals surface area contributed by atoms with Gasteiger partial charge in [0.05, 0.1) is 17.0 Å². The molecule has 2 unspecified atom stereocenters. The van der Waals surface area contributed by atoms with E-state index in [-0.39, 0.29) is 16.8 Å². The van der Waals surface area contributed by atoms with Gasteiger partial charge >= 0.3 is 0 Å². The number of carbonyl (C=O) groups is 1. The Hall–Kier alpha value is -2.18. The molecule has 2 atom stereocenters. The van der Waals surface area contributed by atoms with Crippen molar-refractivity contribution >= 4 is 15.9 Å². The summed E-state index contributed by atoms with van der Waals surface area (Å²) in [5, 5.41) is 2.84. The summed E-state index contributed by atoms with van der Waals surface area (Å²) in [6.07, 6.45) is 0. The first-order valence-electron chi connectivity index (χ1n) is 7.74. The molecule has 0 heterocycles. The zero-order chi connectivity index (χ0) is 17.7. The van der Waals surface area contributed by atoms with Gasteiger partial charge in [0.25, 0.3) is 0 Å². The quantitative estimate of drug-likeness (QED) is 0.844. The minimum absolute atomic E-state index is 0.136. The van der Waals surface area contributed by atoms with Crippen molar-refractivity contribution < 1.29 is 13.2 Å². The summed E-state index contributed by atoms with van der Waals surface area (Å²) in [7, 11) is -3.72. The highest BCUT2D eigenvalue weighted by atomic mass is 32.2. The van der Waals surface area contributed by atoms with E-state index < -0.39 is 16.1 Å². The fraction of sp³-hybridized carbons (Fsp3) is 0.278. The van der Waals surface area contributed by atoms with Gasteiger partial charge in [0.15, 0.2) is 0 Å². The van der Waals surface area contributed by atoms with Crippen LogP contribution in [0.15, 0.2) is 59.5 Å². The molecule has 2 aromatic carbocycles. The SMILES string of the molecule is Cc1ccccc1C(C)NC(=O)C(C)NS(=O)(=O)c1ccccc1. The molecule has 2 aromatic rings. The van der Waals surface area contributed by atoms with Crippen LogP contribution in [0.3, 0.4) is 0 Å². The first-order valence-corrected chi connectivity index (χ1v) is 9.23. The van der Waals surface area contributed by atoms with Gasteiger partial charge in [-0.1, -0.05) is 42.5 Å². The van der Waals surface area contributed by atoms with Crippen LogP contribution >= 0.6 is 0 Å². The molecule has 0 aliphatic heterocycles. The van der Waals surface area contributed by atoms with Crippen LogP contribution < -0.4 is 10.0 Å². The van der Waals surface area contributed by atoms with E-state index in [0.29, 0.717) is 0 Å². The van der Waals surface area contributed by atoms with Gasteiger partial charge in [0.2, 0.25) is 15.9 Å². The number of rotatable bonds is 6. The summed E-state index contributed by atoms with van der Waals surface area (Å²) < 4.78 is 26.9. The Kier molecular flexibility index (Phi) is 5.75. The average Bonchev–Trinajstić information content (AvgIpc) is 2.55. The summed E-state index contributed by atoms with van der Waals surface area (Å²) >= 11 is 0. The summed E-state index contributed by atoms with van der Waals surface area (Å²) in [4.78, 5) is 12.4. The summed E-state index contributed by atoms with van der Waals surface area (Å²) in [6, 6.07) is 14.7. The number of benzene rings is 2. The normalized spacial score (nSPS) is 14.0. The second kappa shape index (κ2) is 7.59. The van der Waals surface area contributed by atoms with Crippen molar-refractivity contribution in [2.75, 3.05) is 0 Å². The molecule has 0 spiro atoms. The van der Waals surface area contributed by atoms with Crippen molar-refractivity contribution in [3.8, 4) is 0 Å². The van der Waals surface area contributed by atoms with Gasteiger partial charge in [-0.05, 0) is 44.0 Å². The molecule has 5 nitrogen and oxygen atoms in total. The minimum Gasteiger partial charge on any atom is -0.348 e. The maximum Gasteiger partial charge on any atom is 0.241 e. The van der Waals surface area contributed by atoms with E-state index in [9.17, 15) is 13.2 Å². The summed E-state index contributed by atoms with van der Waals surface area (Å²) in [6.45, 7) is 5.37. The zero-order valence-electron chi connectivity index (χ0n) is 14.0. The van der Waals surface area contributed by atoms with Gasteiger partial charge in [-0.3, -0.25) is 4.79 Å². The van der Waals surface area contributed by atoms with Crippen molar-refractivity contribution in [1.29, 1.82) is 0 Å². The highest BCUT2D eigenvalue weighted by Gasteiger charge is 2.23. The maximum atomic E-state index is 12.3. The van der Waals surface area contributed by atoms with Crippen molar-refractivity contribution in [3.63, 3.8) is 0 Å². The fourth-order valence-corrected chi connectivity index (χ4v) is 3.67. The molecule has 6 heteroatoms. The highest BCUT2D eigenvalue weighted by molar-refractivity contribution is 7.89. The first-order chi connectivity index (χ1) is 11.3. The minimum atomic E-state index is -3.72. The number of hydrogen-bond acceptors (Lipinski definition) is 3. The summed E-state index contributed by atoms with van der Waals surface area (Å²) in [5.74, 6) is -0.370. The van der Waals surface area contributed by atoms with E-state index >= 15 is 0 Å². The van der Waals surface area contributed by atoms with Crippen LogP contribution in [0.5, 0.6) is 0 Å². The predicted octanol–water partition coefficient (Wildman–Crippen LogP) is 2.54. The van der Waals surface area contributed by atoms with E-state index in [0.717, 1.165) is 11.1 Å². The molecule has 0 aliphatic carbocycles. The van der Waals surface area contributed by atoms with Crippen LogP contribution in [0, 0.1) is 6.92 Å². The van der Waals surface area contributed by atoms with Gasteiger partial charge in [-0.15, -0.1) is 0 Å². The molecule has 0 aromatic heterocycles. The number of carbonyl (C=O) groups excluding carboxylic acids is 1. The molecule has 0 saturated heterocycles. The van der Waals surface area contributed by atoms with E-state index in [1.807, 2.05) is 38.1 Å². The largest absolute Gasteiger partial charge is 0.348 e. The van der Waals surface area contributed by atoms with E-state index in [1.165, 1.54) is 19.1 Å². The summed E-state index contributed by atoms with van der Waals surface area (Å²) in [5.41, 5.74) is 2.08. The molecular weight excluding hydrogens is 324 g/mol. The third-order valence-electron chi connectivity index (χ3n) is 3.79. The smallest absolute Gasteiger partial charge is 0.241 e. The van der Waals surface area contributed by atoms with Gasteiger partial charge in [0, 0.05) is 0 Å². The number of aryl methyl sites for hydroxylation is 1. The third kappa shape index (κ3) is 4.43. The maximum absolute atomic E-state index is 12.3. The number of nitrogens with one attached hydrogen (secondary N) is 2. The standard InChI is InChI=1S/C18H22N2O3S/c1-13-9-7-8-12-17(13)14(2)19-18(21)15(3)20-24(22,23)16-10-5-4-6-11-16/h4-12,14-15,20H,1-3H3,(H,19,21). The Morgan fingerprint density at radius 1 is 0.958 bits per heavy atom. The molecule has 2 rings (SSSR count). The van der Waals surface area contributed by atoms with Crippen molar-refractivity contribution in [2.45, 2.75) is 37.8 Å². The lowest BCUT2D eigenvalue weighted by molar-refractivity contribution is -0.123. The molecule has 24 heavy (non-hydrogen) atoms. The Morgan fingerprint density at radius 2 is 1.54 bits per heavy atom. The van der Waals surface area contributed by atoms with Gasteiger partial charge in [0.1, 0.15) is 0 Å². The lowest BCUT2D eigenvalue weighted by Gasteiger charge is -2.20. The number of sulfonamides is 1. The van der Waals surface area contributed by atoms with Crippen LogP contribution in [0.1, 0.15) is 31.0 Å². The number of amides is 1. The molecular formula is C18H22N2O3S. The Labute approximate surface area is 143 Å². The Bertz CT molecular complexity index is 804. The molecule has 0 saturated carbocycles. The zero-order valence-corrected chi connectivity index (χ0v) is 14.8. The lowest BCUT2D eigenvalue weighted by atomic mass is 10.0. The average molecular weight is 346 g/mol. The van der Waals surface area contributed by atoms with Crippen LogP contribution in [0.4, 0.5) is 0 Å². The van der Waals surface area contributed by atoms with E-state index in [2.05, 4.69) is 10.0 Å². The predicted molar refractivity (Wildman–Crippen MR) is 94.0 cm³/mol. The van der Waals surface area contributed by atoms with Crippen molar-refractivity contribution in [1.82, 2.24) is 10.0 Å². The number of hydrogen-bond donors (Lipinski definition) is 2. The van der Waals surface area contributed by atoms with Gasteiger partial charge in [-0.2, -0.15) is 4.72 Å². The second-order valence-electron chi connectivity index (χ2n) is 5.74. The third-order valence-corrected chi connectivity index (χ3v) is 5.35. The molecule has 1 amide bonds. The topological polar surface area (TPSA) is 75.3 Å². The van der Waals surface area contributed by atoms with Gasteiger partial charge in [-0.25, -0.2) is 8.42 Å². The molecule has 0 radical (unpaired) electrons. The van der Waals surface area contributed by atoms with Gasteiger partial charge < -0.3 is 5.32 Å².